The Balaban J connectivity index is 1.90. The summed E-state index contributed by atoms with van der Waals surface area (Å²) in [6.45, 7) is 2.74. The summed E-state index contributed by atoms with van der Waals surface area (Å²) >= 11 is 0. The average molecular weight is 520 g/mol. The van der Waals surface area contributed by atoms with E-state index < -0.39 is 47.2 Å². The Labute approximate surface area is 200 Å². The monoisotopic (exact) mass is 519 g/mol. The van der Waals surface area contributed by atoms with Crippen LogP contribution in [0.5, 0.6) is 5.75 Å². The predicted octanol–water partition coefficient (Wildman–Crippen LogP) is 4.44. The van der Waals surface area contributed by atoms with Crippen molar-refractivity contribution in [1.82, 2.24) is 4.98 Å². The first-order valence-corrected chi connectivity index (χ1v) is 13.1. The average Bonchev–Trinajstić information content (AvgIpc) is 2.80. The zero-order valence-electron chi connectivity index (χ0n) is 18.4. The number of nitrogens with zero attached hydrogens (tertiary/aromatic N) is 1. The molecule has 4 rings (SSSR count). The number of anilines is 2. The van der Waals surface area contributed by atoms with Crippen molar-refractivity contribution in [2.45, 2.75) is 23.6 Å². The van der Waals surface area contributed by atoms with Crippen molar-refractivity contribution in [3.05, 3.63) is 83.6 Å². The van der Waals surface area contributed by atoms with Gasteiger partial charge in [-0.1, -0.05) is 12.1 Å². The molecule has 0 saturated carbocycles. The molecule has 182 valence electrons. The maximum atomic E-state index is 14.0. The highest BCUT2D eigenvalue weighted by molar-refractivity contribution is 7.93. The number of phenolic OH excluding ortho intramolecular Hbond substituents is 1. The molecule has 0 amide bonds. The molecule has 0 aliphatic heterocycles. The van der Waals surface area contributed by atoms with E-state index in [0.29, 0.717) is 0 Å². The van der Waals surface area contributed by atoms with Gasteiger partial charge in [0.1, 0.15) is 22.0 Å². The van der Waals surface area contributed by atoms with Gasteiger partial charge in [-0.15, -0.1) is 0 Å². The van der Waals surface area contributed by atoms with Crippen LogP contribution in [-0.2, 0) is 20.0 Å². The summed E-state index contributed by atoms with van der Waals surface area (Å²) < 4.78 is 85.3. The standard InChI is InChI=1S/C23H19F2N3O5S2/c1-13-16(24)7-3-9-18(13)27-34(30,31)20-12-21(23(29)22-15(20)6-5-11-26-22)35(32,33)28-19-10-4-8-17(25)14(19)2/h3-12,27-29H,1-2H3. The van der Waals surface area contributed by atoms with E-state index >= 15 is 0 Å². The Morgan fingerprint density at radius 1 is 0.771 bits per heavy atom. The molecule has 0 bridgehead atoms. The molecule has 0 atom stereocenters. The Hall–Kier alpha value is -3.77. The molecule has 1 aromatic heterocycles. The molecule has 0 saturated heterocycles. The van der Waals surface area contributed by atoms with Gasteiger partial charge in [0.2, 0.25) is 0 Å². The molecule has 0 unspecified atom stereocenters. The lowest BCUT2D eigenvalue weighted by molar-refractivity contribution is 0.463. The second-order valence-electron chi connectivity index (χ2n) is 7.66. The van der Waals surface area contributed by atoms with Gasteiger partial charge in [-0.25, -0.2) is 25.6 Å². The zero-order chi connectivity index (χ0) is 25.5. The first kappa shape index (κ1) is 24.4. The van der Waals surface area contributed by atoms with Gasteiger partial charge in [0.15, 0.2) is 5.75 Å². The van der Waals surface area contributed by atoms with Crippen LogP contribution < -0.4 is 9.44 Å². The van der Waals surface area contributed by atoms with E-state index in [9.17, 15) is 30.7 Å². The number of sulfonamides is 2. The summed E-state index contributed by atoms with van der Waals surface area (Å²) in [5, 5.41) is 10.7. The van der Waals surface area contributed by atoms with Crippen LogP contribution in [0.15, 0.2) is 70.6 Å². The van der Waals surface area contributed by atoms with Crippen LogP contribution in [0, 0.1) is 25.5 Å². The van der Waals surface area contributed by atoms with Crippen LogP contribution in [0.3, 0.4) is 0 Å². The number of benzene rings is 3. The normalized spacial score (nSPS) is 12.0. The lowest BCUT2D eigenvalue weighted by atomic mass is 10.2. The van der Waals surface area contributed by atoms with Crippen molar-refractivity contribution in [1.29, 1.82) is 0 Å². The topological polar surface area (TPSA) is 125 Å². The third kappa shape index (κ3) is 4.49. The van der Waals surface area contributed by atoms with Crippen LogP contribution >= 0.6 is 0 Å². The van der Waals surface area contributed by atoms with Gasteiger partial charge in [-0.05, 0) is 56.3 Å². The SMILES string of the molecule is Cc1c(F)cccc1NS(=O)(=O)c1cc(S(=O)(=O)Nc2cccc(F)c2C)c2cccnc2c1O. The van der Waals surface area contributed by atoms with Gasteiger partial charge in [0.25, 0.3) is 20.0 Å². The summed E-state index contributed by atoms with van der Waals surface area (Å²) in [5.74, 6) is -2.09. The summed E-state index contributed by atoms with van der Waals surface area (Å²) in [6, 6.07) is 11.1. The Morgan fingerprint density at radius 2 is 1.29 bits per heavy atom. The number of hydrogen-bond donors (Lipinski definition) is 3. The molecule has 3 aromatic carbocycles. The lowest BCUT2D eigenvalue weighted by Crippen LogP contribution is -2.18. The van der Waals surface area contributed by atoms with Gasteiger partial charge in [-0.3, -0.25) is 14.4 Å². The quantitative estimate of drug-likeness (QED) is 0.346. The molecule has 0 aliphatic carbocycles. The Morgan fingerprint density at radius 3 is 1.83 bits per heavy atom. The fourth-order valence-corrected chi connectivity index (χ4v) is 6.10. The minimum absolute atomic E-state index is 0.00516. The Kier molecular flexibility index (Phi) is 6.11. The second-order valence-corrected chi connectivity index (χ2v) is 11.0. The van der Waals surface area contributed by atoms with Crippen LogP contribution in [0.1, 0.15) is 11.1 Å². The van der Waals surface area contributed by atoms with E-state index in [2.05, 4.69) is 14.4 Å². The molecule has 3 N–H and O–H groups in total. The summed E-state index contributed by atoms with van der Waals surface area (Å²) in [7, 11) is -9.09. The zero-order valence-corrected chi connectivity index (χ0v) is 20.0. The summed E-state index contributed by atoms with van der Waals surface area (Å²) in [4.78, 5) is 2.65. The highest BCUT2D eigenvalue weighted by Crippen LogP contribution is 2.37. The van der Waals surface area contributed by atoms with E-state index in [1.165, 1.54) is 56.4 Å². The molecule has 35 heavy (non-hydrogen) atoms. The minimum Gasteiger partial charge on any atom is -0.504 e. The second kappa shape index (κ2) is 8.78. The molecule has 0 fully saturated rings. The fourth-order valence-electron chi connectivity index (χ4n) is 3.44. The molecule has 0 radical (unpaired) electrons. The number of halogens is 2. The van der Waals surface area contributed by atoms with Crippen molar-refractivity contribution in [3.63, 3.8) is 0 Å². The molecule has 4 aromatic rings. The number of nitrogens with one attached hydrogen (secondary N) is 2. The van der Waals surface area contributed by atoms with Gasteiger partial charge in [-0.2, -0.15) is 0 Å². The molecule has 1 heterocycles. The predicted molar refractivity (Wildman–Crippen MR) is 127 cm³/mol. The lowest BCUT2D eigenvalue weighted by Gasteiger charge is -2.16. The number of fused-ring (bicyclic) bond motifs is 1. The third-order valence-corrected chi connectivity index (χ3v) is 8.18. The summed E-state index contributed by atoms with van der Waals surface area (Å²) in [6.07, 6.45) is 1.25. The Bertz CT molecular complexity index is 1690. The van der Waals surface area contributed by atoms with Crippen LogP contribution in [0.25, 0.3) is 10.9 Å². The molecule has 0 spiro atoms. The first-order valence-electron chi connectivity index (χ1n) is 10.1. The molecule has 12 heteroatoms. The molecular formula is C23H19F2N3O5S2. The van der Waals surface area contributed by atoms with Gasteiger partial charge < -0.3 is 5.11 Å². The van der Waals surface area contributed by atoms with Crippen molar-refractivity contribution in [3.8, 4) is 5.75 Å². The summed E-state index contributed by atoms with van der Waals surface area (Å²) in [5.41, 5.74) is -0.391. The van der Waals surface area contributed by atoms with Gasteiger partial charge >= 0.3 is 0 Å². The van der Waals surface area contributed by atoms with E-state index in [-0.39, 0.29) is 33.4 Å². The highest BCUT2D eigenvalue weighted by Gasteiger charge is 2.29. The van der Waals surface area contributed by atoms with Crippen molar-refractivity contribution >= 4 is 42.3 Å². The fraction of sp³-hybridized carbons (Fsp3) is 0.0870. The maximum absolute atomic E-state index is 14.0. The smallest absolute Gasteiger partial charge is 0.265 e. The highest BCUT2D eigenvalue weighted by atomic mass is 32.2. The van der Waals surface area contributed by atoms with E-state index in [0.717, 1.165) is 18.2 Å². The van der Waals surface area contributed by atoms with Crippen LogP contribution in [-0.4, -0.2) is 26.9 Å². The third-order valence-electron chi connectivity index (χ3n) is 5.40. The number of rotatable bonds is 6. The molecular weight excluding hydrogens is 500 g/mol. The maximum Gasteiger partial charge on any atom is 0.265 e. The van der Waals surface area contributed by atoms with Gasteiger partial charge in [0, 0.05) is 22.7 Å². The number of aromatic nitrogens is 1. The molecule has 0 aliphatic rings. The first-order chi connectivity index (χ1) is 16.4. The van der Waals surface area contributed by atoms with Crippen molar-refractivity contribution in [2.75, 3.05) is 9.44 Å². The number of phenols is 1. The van der Waals surface area contributed by atoms with E-state index in [1.54, 1.807) is 0 Å². The number of aromatic hydroxyl groups is 1. The number of hydrogen-bond acceptors (Lipinski definition) is 6. The minimum atomic E-state index is -4.60. The van der Waals surface area contributed by atoms with Crippen LogP contribution in [0.2, 0.25) is 0 Å². The van der Waals surface area contributed by atoms with E-state index in [1.807, 2.05) is 0 Å². The largest absolute Gasteiger partial charge is 0.504 e. The van der Waals surface area contributed by atoms with Crippen molar-refractivity contribution in [2.24, 2.45) is 0 Å². The van der Waals surface area contributed by atoms with Crippen molar-refractivity contribution < 1.29 is 30.7 Å². The van der Waals surface area contributed by atoms with Crippen LogP contribution in [0.4, 0.5) is 20.2 Å². The molecule has 8 nitrogen and oxygen atoms in total. The van der Waals surface area contributed by atoms with E-state index in [4.69, 9.17) is 0 Å². The van der Waals surface area contributed by atoms with Gasteiger partial charge in [0.05, 0.1) is 16.3 Å². The number of pyridine rings is 1.